The van der Waals surface area contributed by atoms with Gasteiger partial charge in [0.15, 0.2) is 21.3 Å². The molecule has 0 fully saturated rings. The fourth-order valence-corrected chi connectivity index (χ4v) is 7.85. The molecule has 0 spiro atoms. The molecular formula is C60H44BF10IO2. The van der Waals surface area contributed by atoms with Gasteiger partial charge in [-0.05, 0) is 122 Å². The SMILES string of the molecule is CCCc1ccc(C#Cc2ccc(/C(F)=C(\F)I)c3ccccc23)cc1.CCCc1ccc(C#Cc2ccc(/C(F)=C(\F)c3ccc(C(F)(F)F)cc3)c3ccccc23)cc1.OB(O)c1ccc(C(F)(F)F)cc1. The molecule has 0 bridgehead atoms. The van der Waals surface area contributed by atoms with Crippen molar-refractivity contribution in [3.63, 3.8) is 0 Å². The first kappa shape index (κ1) is 56.2. The first-order valence-electron chi connectivity index (χ1n) is 23.0. The normalized spacial score (nSPS) is 11.9. The quantitative estimate of drug-likeness (QED) is 0.0523. The number of halogens is 11. The summed E-state index contributed by atoms with van der Waals surface area (Å²) in [5, 5.41) is 19.8. The minimum Gasteiger partial charge on any atom is -0.423 e. The zero-order valence-electron chi connectivity index (χ0n) is 39.6. The second-order valence-corrected chi connectivity index (χ2v) is 17.5. The molecule has 0 saturated heterocycles. The van der Waals surface area contributed by atoms with E-state index in [0.29, 0.717) is 21.7 Å². The molecule has 8 rings (SSSR count). The number of aryl methyl sites for hydroxylation is 2. The van der Waals surface area contributed by atoms with E-state index in [2.05, 4.69) is 49.7 Å². The van der Waals surface area contributed by atoms with Gasteiger partial charge in [-0.25, -0.2) is 13.2 Å². The number of rotatable bonds is 8. The maximum Gasteiger partial charge on any atom is 0.488 e. The van der Waals surface area contributed by atoms with Gasteiger partial charge in [-0.15, -0.1) is 0 Å². The second-order valence-electron chi connectivity index (χ2n) is 16.6. The molecule has 0 unspecified atom stereocenters. The zero-order valence-corrected chi connectivity index (χ0v) is 41.8. The van der Waals surface area contributed by atoms with Gasteiger partial charge in [0.2, 0.25) is 0 Å². The molecule has 0 radical (unpaired) electrons. The lowest BCUT2D eigenvalue weighted by Crippen LogP contribution is -2.29. The van der Waals surface area contributed by atoms with Crippen LogP contribution in [0.2, 0.25) is 0 Å². The van der Waals surface area contributed by atoms with Crippen LogP contribution in [0.4, 0.5) is 43.9 Å². The van der Waals surface area contributed by atoms with Crippen molar-refractivity contribution in [2.45, 2.75) is 51.9 Å². The average Bonchev–Trinajstić information content (AvgIpc) is 3.39. The third-order valence-corrected chi connectivity index (χ3v) is 11.8. The Hall–Kier alpha value is -7.11. The summed E-state index contributed by atoms with van der Waals surface area (Å²) >= 11 is 1.36. The molecule has 0 atom stereocenters. The van der Waals surface area contributed by atoms with Crippen LogP contribution in [0.25, 0.3) is 39.0 Å². The lowest BCUT2D eigenvalue weighted by Gasteiger charge is -2.09. The van der Waals surface area contributed by atoms with Gasteiger partial charge in [-0.3, -0.25) is 0 Å². The van der Waals surface area contributed by atoms with E-state index in [-0.39, 0.29) is 22.2 Å². The molecule has 0 heterocycles. The maximum absolute atomic E-state index is 15.2. The minimum absolute atomic E-state index is 0.00691. The van der Waals surface area contributed by atoms with E-state index in [1.807, 2.05) is 54.6 Å². The topological polar surface area (TPSA) is 40.5 Å². The summed E-state index contributed by atoms with van der Waals surface area (Å²) in [5.41, 5.74) is 4.06. The van der Waals surface area contributed by atoms with Gasteiger partial charge in [0.05, 0.1) is 11.1 Å². The van der Waals surface area contributed by atoms with Crippen LogP contribution < -0.4 is 5.46 Å². The van der Waals surface area contributed by atoms with Crippen LogP contribution in [-0.4, -0.2) is 17.2 Å². The molecule has 2 N–H and O–H groups in total. The Kier molecular flexibility index (Phi) is 19.5. The molecule has 2 nitrogen and oxygen atoms in total. The number of hydrogen-bond acceptors (Lipinski definition) is 2. The predicted molar refractivity (Wildman–Crippen MR) is 286 cm³/mol. The van der Waals surface area contributed by atoms with Crippen molar-refractivity contribution in [1.82, 2.24) is 0 Å². The average molecular weight is 1120 g/mol. The van der Waals surface area contributed by atoms with Crippen LogP contribution in [0.3, 0.4) is 0 Å². The molecule has 8 aromatic rings. The highest BCUT2D eigenvalue weighted by Crippen LogP contribution is 2.37. The predicted octanol–water partition coefficient (Wildman–Crippen LogP) is 16.6. The Morgan fingerprint density at radius 1 is 0.446 bits per heavy atom. The first-order chi connectivity index (χ1) is 35.3. The van der Waals surface area contributed by atoms with Crippen LogP contribution in [0, 0.1) is 23.7 Å². The van der Waals surface area contributed by atoms with Crippen LogP contribution in [0.15, 0.2) is 174 Å². The van der Waals surface area contributed by atoms with Crippen molar-refractivity contribution in [1.29, 1.82) is 0 Å². The summed E-state index contributed by atoms with van der Waals surface area (Å²) in [6.45, 7) is 4.28. The molecular weight excluding hydrogens is 1080 g/mol. The Labute approximate surface area is 436 Å². The van der Waals surface area contributed by atoms with E-state index < -0.39 is 51.9 Å². The van der Waals surface area contributed by atoms with Gasteiger partial charge in [0.1, 0.15) is 0 Å². The molecule has 74 heavy (non-hydrogen) atoms. The highest BCUT2D eigenvalue weighted by Gasteiger charge is 2.31. The molecule has 0 amide bonds. The van der Waals surface area contributed by atoms with E-state index in [1.165, 1.54) is 39.8 Å². The minimum atomic E-state index is -4.55. The van der Waals surface area contributed by atoms with Gasteiger partial charge in [0.25, 0.3) is 0 Å². The summed E-state index contributed by atoms with van der Waals surface area (Å²) in [6, 6.07) is 43.8. The molecule has 0 aromatic heterocycles. The largest absolute Gasteiger partial charge is 0.488 e. The van der Waals surface area contributed by atoms with Gasteiger partial charge < -0.3 is 10.0 Å². The second kappa shape index (κ2) is 25.7. The highest BCUT2D eigenvalue weighted by atomic mass is 127. The van der Waals surface area contributed by atoms with Gasteiger partial charge >= 0.3 is 19.5 Å². The van der Waals surface area contributed by atoms with Crippen LogP contribution in [0.5, 0.6) is 0 Å². The van der Waals surface area contributed by atoms with Crippen LogP contribution >= 0.6 is 22.6 Å². The number of hydrogen-bond donors (Lipinski definition) is 2. The standard InChI is InChI=1S/C30H21F5.C23H17F2I.C7H6BF3O2/c1-2-5-20-8-10-21(11-9-20)12-13-22-16-19-27(26-7-4-3-6-25(22)26)29(32)28(31)23-14-17-24(18-15-23)30(33,34)35;1-2-5-16-8-10-17(11-9-16)12-13-18-14-15-21(22(24)23(25)26)20-7-4-3-6-19(18)20;9-7(10,11)5-1-3-6(4-2-5)8(12)13/h3-4,6-11,14-19H,2,5H2,1H3;3-4,6-11,14-15H,2,5H2,1H3;1-4,12-13H/b29-28+;23-22-;. The van der Waals surface area contributed by atoms with E-state index in [9.17, 15) is 39.5 Å². The van der Waals surface area contributed by atoms with Crippen molar-refractivity contribution in [3.05, 3.63) is 235 Å². The van der Waals surface area contributed by atoms with E-state index >= 15 is 4.39 Å². The fraction of sp³-hybridized carbons (Fsp3) is 0.133. The maximum atomic E-state index is 15.2. The Morgan fingerprint density at radius 3 is 1.19 bits per heavy atom. The van der Waals surface area contributed by atoms with Crippen LogP contribution in [0.1, 0.15) is 87.9 Å². The van der Waals surface area contributed by atoms with Gasteiger partial charge in [-0.2, -0.15) is 30.7 Å². The van der Waals surface area contributed by atoms with E-state index in [1.54, 1.807) is 48.5 Å². The Bertz CT molecular complexity index is 3390. The summed E-state index contributed by atoms with van der Waals surface area (Å²) in [5.74, 6) is 9.35. The Balaban J connectivity index is 0.000000200. The van der Waals surface area contributed by atoms with Crippen molar-refractivity contribution in [3.8, 4) is 23.7 Å². The monoisotopic (exact) mass is 1120 g/mol. The molecule has 0 saturated carbocycles. The molecule has 0 aliphatic heterocycles. The third kappa shape index (κ3) is 15.0. The summed E-state index contributed by atoms with van der Waals surface area (Å²) < 4.78 is 131. The number of benzene rings is 8. The summed E-state index contributed by atoms with van der Waals surface area (Å²) in [6.07, 6.45) is -4.70. The number of alkyl halides is 6. The van der Waals surface area contributed by atoms with Gasteiger partial charge in [-0.1, -0.05) is 172 Å². The van der Waals surface area contributed by atoms with Gasteiger partial charge in [0, 0.05) is 38.9 Å². The molecule has 376 valence electrons. The molecule has 8 aromatic carbocycles. The molecule has 14 heteroatoms. The lowest BCUT2D eigenvalue weighted by atomic mass is 9.80. The van der Waals surface area contributed by atoms with Crippen molar-refractivity contribution in [2.24, 2.45) is 0 Å². The van der Waals surface area contributed by atoms with E-state index in [4.69, 9.17) is 10.0 Å². The summed E-state index contributed by atoms with van der Waals surface area (Å²) in [7, 11) is -1.73. The molecule has 0 aliphatic carbocycles. The highest BCUT2D eigenvalue weighted by molar-refractivity contribution is 14.1. The van der Waals surface area contributed by atoms with Crippen molar-refractivity contribution in [2.75, 3.05) is 0 Å². The van der Waals surface area contributed by atoms with Crippen LogP contribution in [-0.2, 0) is 25.2 Å². The van der Waals surface area contributed by atoms with Crippen molar-refractivity contribution >= 4 is 74.2 Å². The Morgan fingerprint density at radius 2 is 0.824 bits per heavy atom. The third-order valence-electron chi connectivity index (χ3n) is 11.3. The smallest absolute Gasteiger partial charge is 0.423 e. The number of fused-ring (bicyclic) bond motifs is 2. The zero-order chi connectivity index (χ0) is 53.6. The van der Waals surface area contributed by atoms with E-state index in [0.717, 1.165) is 96.3 Å². The molecule has 0 aliphatic rings. The first-order valence-corrected chi connectivity index (χ1v) is 24.1. The van der Waals surface area contributed by atoms with Crippen molar-refractivity contribution < 1.29 is 54.0 Å². The fourth-order valence-electron chi connectivity index (χ4n) is 7.56. The summed E-state index contributed by atoms with van der Waals surface area (Å²) in [4.78, 5) is 0. The lowest BCUT2D eigenvalue weighted by molar-refractivity contribution is -0.138.